The molecule has 0 radical (unpaired) electrons. The number of piperidine rings is 1. The first-order valence-corrected chi connectivity index (χ1v) is 8.63. The van der Waals surface area contributed by atoms with E-state index in [1.54, 1.807) is 12.3 Å². The highest BCUT2D eigenvalue weighted by Crippen LogP contribution is 2.28. The summed E-state index contributed by atoms with van der Waals surface area (Å²) in [6.45, 7) is 1.56. The SMILES string of the molecule is O=C(CCc1ncc(-c2ccccc2Cl)o1)N1CCCC(CO)C1. The first kappa shape index (κ1) is 17.0. The molecule has 1 amide bonds. The number of carbonyl (C=O) groups is 1. The number of oxazole rings is 1. The maximum absolute atomic E-state index is 12.3. The van der Waals surface area contributed by atoms with Crippen LogP contribution in [0.15, 0.2) is 34.9 Å². The van der Waals surface area contributed by atoms with Crippen LogP contribution < -0.4 is 0 Å². The van der Waals surface area contributed by atoms with Crippen molar-refractivity contribution in [3.63, 3.8) is 0 Å². The maximum Gasteiger partial charge on any atom is 0.223 e. The number of rotatable bonds is 5. The highest BCUT2D eigenvalue weighted by atomic mass is 35.5. The zero-order valence-electron chi connectivity index (χ0n) is 13.4. The van der Waals surface area contributed by atoms with Crippen LogP contribution >= 0.6 is 11.6 Å². The third-order valence-electron chi connectivity index (χ3n) is 4.38. The molecule has 1 fully saturated rings. The van der Waals surface area contributed by atoms with Crippen LogP contribution in [0.2, 0.25) is 5.02 Å². The summed E-state index contributed by atoms with van der Waals surface area (Å²) in [5.41, 5.74) is 0.797. The number of likely N-dealkylation sites (tertiary alicyclic amines) is 1. The van der Waals surface area contributed by atoms with Gasteiger partial charge in [-0.1, -0.05) is 23.7 Å². The number of aliphatic hydroxyl groups is 1. The van der Waals surface area contributed by atoms with Gasteiger partial charge in [-0.05, 0) is 30.9 Å². The molecule has 5 nitrogen and oxygen atoms in total. The number of aryl methyl sites for hydroxylation is 1. The lowest BCUT2D eigenvalue weighted by Gasteiger charge is -2.31. The van der Waals surface area contributed by atoms with Gasteiger partial charge in [0.15, 0.2) is 11.7 Å². The molecular weight excluding hydrogens is 328 g/mol. The van der Waals surface area contributed by atoms with E-state index < -0.39 is 0 Å². The van der Waals surface area contributed by atoms with Gasteiger partial charge in [-0.3, -0.25) is 4.79 Å². The van der Waals surface area contributed by atoms with E-state index >= 15 is 0 Å². The largest absolute Gasteiger partial charge is 0.441 e. The monoisotopic (exact) mass is 348 g/mol. The van der Waals surface area contributed by atoms with Crippen molar-refractivity contribution in [2.24, 2.45) is 5.92 Å². The van der Waals surface area contributed by atoms with E-state index in [0.29, 0.717) is 36.1 Å². The van der Waals surface area contributed by atoms with Gasteiger partial charge in [0.1, 0.15) is 0 Å². The van der Waals surface area contributed by atoms with Crippen molar-refractivity contribution < 1.29 is 14.3 Å². The average molecular weight is 349 g/mol. The minimum atomic E-state index is 0.0886. The lowest BCUT2D eigenvalue weighted by molar-refractivity contribution is -0.133. The van der Waals surface area contributed by atoms with Crippen molar-refractivity contribution in [1.29, 1.82) is 0 Å². The fourth-order valence-electron chi connectivity index (χ4n) is 3.02. The molecule has 1 saturated heterocycles. The molecule has 0 spiro atoms. The Bertz CT molecular complexity index is 701. The van der Waals surface area contributed by atoms with Gasteiger partial charge in [0.2, 0.25) is 5.91 Å². The molecule has 128 valence electrons. The number of amides is 1. The molecule has 1 aromatic carbocycles. The molecule has 3 rings (SSSR count). The van der Waals surface area contributed by atoms with Crippen LogP contribution in [0.4, 0.5) is 0 Å². The highest BCUT2D eigenvalue weighted by Gasteiger charge is 2.23. The van der Waals surface area contributed by atoms with Gasteiger partial charge in [0.05, 0.1) is 11.2 Å². The summed E-state index contributed by atoms with van der Waals surface area (Å²) in [5.74, 6) is 1.44. The minimum Gasteiger partial charge on any atom is -0.441 e. The molecule has 1 unspecified atom stereocenters. The number of halogens is 1. The van der Waals surface area contributed by atoms with Gasteiger partial charge < -0.3 is 14.4 Å². The molecule has 0 aliphatic carbocycles. The van der Waals surface area contributed by atoms with Crippen molar-refractivity contribution >= 4 is 17.5 Å². The summed E-state index contributed by atoms with van der Waals surface area (Å²) in [6, 6.07) is 7.43. The molecule has 1 aliphatic rings. The van der Waals surface area contributed by atoms with Crippen molar-refractivity contribution in [2.75, 3.05) is 19.7 Å². The van der Waals surface area contributed by atoms with Crippen molar-refractivity contribution in [3.05, 3.63) is 41.4 Å². The second-order valence-electron chi connectivity index (χ2n) is 6.13. The predicted molar refractivity (Wildman–Crippen MR) is 91.7 cm³/mol. The van der Waals surface area contributed by atoms with Gasteiger partial charge in [-0.2, -0.15) is 0 Å². The number of aromatic nitrogens is 1. The number of benzene rings is 1. The standard InChI is InChI=1S/C18H21ClN2O3/c19-15-6-2-1-5-14(15)16-10-20-17(24-16)7-8-18(23)21-9-3-4-13(11-21)12-22/h1-2,5-6,10,13,22H,3-4,7-9,11-12H2. The topological polar surface area (TPSA) is 66.6 Å². The molecule has 1 aliphatic heterocycles. The maximum atomic E-state index is 12.3. The van der Waals surface area contributed by atoms with Gasteiger partial charge in [-0.15, -0.1) is 0 Å². The van der Waals surface area contributed by atoms with Crippen molar-refractivity contribution in [3.8, 4) is 11.3 Å². The third kappa shape index (κ3) is 3.97. The van der Waals surface area contributed by atoms with Gasteiger partial charge in [0.25, 0.3) is 0 Å². The Kier molecular flexibility index (Phi) is 5.53. The molecule has 6 heteroatoms. The summed E-state index contributed by atoms with van der Waals surface area (Å²) in [6.07, 6.45) is 4.40. The van der Waals surface area contributed by atoms with Crippen LogP contribution in [-0.4, -0.2) is 40.6 Å². The van der Waals surface area contributed by atoms with E-state index in [9.17, 15) is 9.90 Å². The molecule has 1 atom stereocenters. The van der Waals surface area contributed by atoms with E-state index in [4.69, 9.17) is 16.0 Å². The van der Waals surface area contributed by atoms with Crippen molar-refractivity contribution in [2.45, 2.75) is 25.7 Å². The Morgan fingerprint density at radius 1 is 1.42 bits per heavy atom. The molecular formula is C18H21ClN2O3. The number of carbonyl (C=O) groups excluding carboxylic acids is 1. The van der Waals surface area contributed by atoms with Gasteiger partial charge in [-0.25, -0.2) is 4.98 Å². The Balaban J connectivity index is 1.57. The van der Waals surface area contributed by atoms with Crippen LogP contribution in [-0.2, 0) is 11.2 Å². The second-order valence-corrected chi connectivity index (χ2v) is 6.54. The first-order chi connectivity index (χ1) is 11.7. The predicted octanol–water partition coefficient (Wildman–Crippen LogP) is 3.16. The molecule has 2 heterocycles. The van der Waals surface area contributed by atoms with E-state index in [2.05, 4.69) is 4.98 Å². The molecule has 24 heavy (non-hydrogen) atoms. The number of nitrogens with zero attached hydrogens (tertiary/aromatic N) is 2. The quantitative estimate of drug-likeness (QED) is 0.901. The lowest BCUT2D eigenvalue weighted by Crippen LogP contribution is -2.41. The number of hydrogen-bond donors (Lipinski definition) is 1. The number of hydrogen-bond acceptors (Lipinski definition) is 4. The Morgan fingerprint density at radius 3 is 3.04 bits per heavy atom. The zero-order valence-corrected chi connectivity index (χ0v) is 14.2. The zero-order chi connectivity index (χ0) is 16.9. The molecule has 1 N–H and O–H groups in total. The summed E-state index contributed by atoms with van der Waals surface area (Å²) in [5, 5.41) is 9.87. The van der Waals surface area contributed by atoms with Crippen LogP contribution in [0.25, 0.3) is 11.3 Å². The average Bonchev–Trinajstić information content (AvgIpc) is 3.09. The molecule has 0 bridgehead atoms. The lowest BCUT2D eigenvalue weighted by atomic mass is 9.99. The smallest absolute Gasteiger partial charge is 0.223 e. The summed E-state index contributed by atoms with van der Waals surface area (Å²) < 4.78 is 5.72. The fraction of sp³-hybridized carbons (Fsp3) is 0.444. The van der Waals surface area contributed by atoms with E-state index in [1.807, 2.05) is 23.1 Å². The molecule has 0 saturated carbocycles. The minimum absolute atomic E-state index is 0.0886. The normalized spacial score (nSPS) is 17.9. The van der Waals surface area contributed by atoms with Gasteiger partial charge in [0, 0.05) is 38.1 Å². The summed E-state index contributed by atoms with van der Waals surface area (Å²) in [7, 11) is 0. The first-order valence-electron chi connectivity index (χ1n) is 8.25. The number of aliphatic hydroxyl groups excluding tert-OH is 1. The van der Waals surface area contributed by atoms with Crippen LogP contribution in [0, 0.1) is 5.92 Å². The van der Waals surface area contributed by atoms with E-state index in [-0.39, 0.29) is 18.4 Å². The Morgan fingerprint density at radius 2 is 2.25 bits per heavy atom. The summed E-state index contributed by atoms with van der Waals surface area (Å²) >= 11 is 6.16. The van der Waals surface area contributed by atoms with E-state index in [1.165, 1.54) is 0 Å². The Hall–Kier alpha value is -1.85. The van der Waals surface area contributed by atoms with Crippen molar-refractivity contribution in [1.82, 2.24) is 9.88 Å². The van der Waals surface area contributed by atoms with E-state index in [0.717, 1.165) is 24.9 Å². The third-order valence-corrected chi connectivity index (χ3v) is 4.71. The van der Waals surface area contributed by atoms with Crippen LogP contribution in [0.1, 0.15) is 25.2 Å². The van der Waals surface area contributed by atoms with Crippen LogP contribution in [0.3, 0.4) is 0 Å². The fourth-order valence-corrected chi connectivity index (χ4v) is 3.25. The molecule has 1 aromatic heterocycles. The summed E-state index contributed by atoms with van der Waals surface area (Å²) in [4.78, 5) is 18.4. The van der Waals surface area contributed by atoms with Crippen LogP contribution in [0.5, 0.6) is 0 Å². The second kappa shape index (κ2) is 7.81. The highest BCUT2D eigenvalue weighted by molar-refractivity contribution is 6.33. The van der Waals surface area contributed by atoms with Gasteiger partial charge >= 0.3 is 0 Å². The Labute approximate surface area is 146 Å². The molecule has 2 aromatic rings.